The summed E-state index contributed by atoms with van der Waals surface area (Å²) < 4.78 is 167. The molecule has 0 spiro atoms. The van der Waals surface area contributed by atoms with E-state index in [0.29, 0.717) is 18.2 Å². The van der Waals surface area contributed by atoms with E-state index in [1.54, 1.807) is 4.90 Å². The van der Waals surface area contributed by atoms with Crippen LogP contribution in [0.5, 0.6) is 5.75 Å². The molecule has 6 rings (SSSR count). The predicted octanol–water partition coefficient (Wildman–Crippen LogP) is 1.51. The number of aliphatic hydroxyl groups excluding tert-OH is 2. The molecule has 0 saturated carbocycles. The summed E-state index contributed by atoms with van der Waals surface area (Å²) in [5, 5.41) is 45.0. The second-order valence-electron chi connectivity index (χ2n) is 14.0. The van der Waals surface area contributed by atoms with Crippen molar-refractivity contribution in [3.8, 4) is 5.75 Å². The van der Waals surface area contributed by atoms with Gasteiger partial charge in [-0.05, 0) is 60.0 Å². The number of amides is 1. The van der Waals surface area contributed by atoms with Crippen molar-refractivity contribution >= 4 is 113 Å². The van der Waals surface area contributed by atoms with E-state index in [1.165, 1.54) is 6.07 Å². The predicted molar refractivity (Wildman–Crippen MR) is 231 cm³/mol. The highest BCUT2D eigenvalue weighted by atomic mass is 32.3. The Balaban J connectivity index is 1.45. The first-order valence-electron chi connectivity index (χ1n) is 18.4. The quantitative estimate of drug-likeness (QED) is 0.0494. The molecule has 1 saturated heterocycles. The van der Waals surface area contributed by atoms with Gasteiger partial charge in [-0.25, -0.2) is 8.42 Å². The van der Waals surface area contributed by atoms with E-state index < -0.39 is 127 Å². The summed E-state index contributed by atoms with van der Waals surface area (Å²) in [7, 11) is -26.4. The molecule has 0 aliphatic carbocycles. The molecule has 1 aliphatic rings. The zero-order valence-corrected chi connectivity index (χ0v) is 37.9. The molecule has 5 aromatic rings. The number of rotatable bonds is 16. The highest BCUT2D eigenvalue weighted by molar-refractivity contribution is 8.08. The molecular formula is C34H35N9O19S5. The molecule has 1 aromatic heterocycles. The van der Waals surface area contributed by atoms with Gasteiger partial charge in [-0.3, -0.25) is 23.0 Å². The number of anilines is 6. The minimum Gasteiger partial charge on any atom is -0.505 e. The Labute approximate surface area is 379 Å². The molecule has 2 heterocycles. The van der Waals surface area contributed by atoms with Crippen molar-refractivity contribution in [3.05, 3.63) is 60.7 Å². The number of ether oxygens (including phenoxy) is 1. The Hall–Kier alpha value is -6.11. The number of hydrogen-bond acceptors (Lipinski definition) is 23. The molecule has 4 aromatic carbocycles. The lowest BCUT2D eigenvalue weighted by molar-refractivity contribution is -0.114. The molecule has 1 amide bonds. The summed E-state index contributed by atoms with van der Waals surface area (Å²) in [6.45, 7) is -1.47. The molecule has 1 fully saturated rings. The fourth-order valence-corrected chi connectivity index (χ4v) is 11.1. The van der Waals surface area contributed by atoms with Crippen molar-refractivity contribution < 1.29 is 85.2 Å². The van der Waals surface area contributed by atoms with Crippen molar-refractivity contribution in [1.82, 2.24) is 15.0 Å². The van der Waals surface area contributed by atoms with Crippen LogP contribution in [0, 0.1) is 0 Å². The summed E-state index contributed by atoms with van der Waals surface area (Å²) >= 11 is 0. The molecule has 67 heavy (non-hydrogen) atoms. The van der Waals surface area contributed by atoms with Crippen molar-refractivity contribution in [2.75, 3.05) is 60.4 Å². The zero-order chi connectivity index (χ0) is 49.5. The van der Waals surface area contributed by atoms with E-state index in [-0.39, 0.29) is 55.5 Å². The third kappa shape index (κ3) is 10.6. The Bertz CT molecular complexity index is 3420. The molecule has 0 unspecified atom stereocenters. The molecule has 360 valence electrons. The summed E-state index contributed by atoms with van der Waals surface area (Å²) in [6, 6.07) is 9.06. The number of phenols is 1. The highest BCUT2D eigenvalue weighted by Gasteiger charge is 2.55. The molecule has 0 bridgehead atoms. The highest BCUT2D eigenvalue weighted by Crippen LogP contribution is 2.46. The minimum absolute atomic E-state index is 0.0145. The molecule has 28 nitrogen and oxygen atoms in total. The first-order valence-corrected chi connectivity index (χ1v) is 25.6. The smallest absolute Gasteiger partial charge is 0.296 e. The summed E-state index contributed by atoms with van der Waals surface area (Å²) in [6.07, 6.45) is 0. The lowest BCUT2D eigenvalue weighted by atomic mass is 10.1. The van der Waals surface area contributed by atoms with E-state index in [1.807, 2.05) is 0 Å². The van der Waals surface area contributed by atoms with Gasteiger partial charge in [0.05, 0.1) is 41.9 Å². The number of aliphatic hydroxyl groups is 2. The third-order valence-electron chi connectivity index (χ3n) is 9.52. The summed E-state index contributed by atoms with van der Waals surface area (Å²) in [5.74, 6) is -2.63. The van der Waals surface area contributed by atoms with Crippen molar-refractivity contribution in [2.24, 2.45) is 10.2 Å². The number of carbonyl (C=O) groups excluding carboxylic acids is 1. The minimum atomic E-state index is -5.63. The standard InChI is InChI=1S/C34H35N9O19S5/c1-18(46)35-25-15-23(64(50,51)52)11-19-12-27(66(56,57)58)29(30(47)28(19)25)42-41-24-14-21(5-6-26(24)65(53,54)55)37-32-38-31(39-33(40-32)43-7-9-62-10-8-43)36-20-3-2-4-22(13-20)63(48,49)34(16-44,17-45)67(59,60)61/h2-6,11-15,44-45,47H,7-10,16-17H2,1H3,(H,35,46)(H,50,51,52)(H,53,54,55)(H,56,57,58)(H,59,60,61)(H2,36,37,38,39,40). The van der Waals surface area contributed by atoms with Crippen LogP contribution in [-0.2, 0) is 59.8 Å². The number of phenolic OH excluding ortho intramolecular Hbond substituents is 1. The zero-order valence-electron chi connectivity index (χ0n) is 33.8. The number of morpholine rings is 1. The normalized spacial score (nSPS) is 14.3. The molecule has 33 heteroatoms. The Morgan fingerprint density at radius 1 is 0.731 bits per heavy atom. The van der Waals surface area contributed by atoms with Gasteiger partial charge in [-0.2, -0.15) is 48.6 Å². The molecule has 0 atom stereocenters. The van der Waals surface area contributed by atoms with Gasteiger partial charge in [0.25, 0.3) is 40.5 Å². The number of benzene rings is 4. The van der Waals surface area contributed by atoms with Crippen LogP contribution in [0.3, 0.4) is 0 Å². The second-order valence-corrected chi connectivity index (χ2v) is 22.4. The van der Waals surface area contributed by atoms with Gasteiger partial charge in [-0.1, -0.05) is 6.07 Å². The van der Waals surface area contributed by atoms with Crippen molar-refractivity contribution in [2.45, 2.75) is 30.6 Å². The topological polar surface area (TPSA) is 441 Å². The van der Waals surface area contributed by atoms with E-state index >= 15 is 0 Å². The van der Waals surface area contributed by atoms with Gasteiger partial charge in [0, 0.05) is 36.8 Å². The first kappa shape index (κ1) is 50.3. The van der Waals surface area contributed by atoms with Gasteiger partial charge in [-0.15, -0.1) is 10.2 Å². The Kier molecular flexibility index (Phi) is 13.9. The lowest BCUT2D eigenvalue weighted by Gasteiger charge is -2.27. The Morgan fingerprint density at radius 2 is 1.33 bits per heavy atom. The van der Waals surface area contributed by atoms with Gasteiger partial charge in [0.1, 0.15) is 21.2 Å². The lowest BCUT2D eigenvalue weighted by Crippen LogP contribution is -2.52. The van der Waals surface area contributed by atoms with E-state index in [9.17, 15) is 80.4 Å². The number of hydrogen-bond donors (Lipinski definition) is 10. The molecule has 0 radical (unpaired) electrons. The van der Waals surface area contributed by atoms with Crippen LogP contribution >= 0.6 is 0 Å². The largest absolute Gasteiger partial charge is 0.505 e. The van der Waals surface area contributed by atoms with Gasteiger partial charge < -0.3 is 40.9 Å². The van der Waals surface area contributed by atoms with E-state index in [4.69, 9.17) is 4.74 Å². The molecular weight excluding hydrogens is 999 g/mol. The fourth-order valence-electron chi connectivity index (χ4n) is 6.30. The van der Waals surface area contributed by atoms with Crippen LogP contribution in [0.1, 0.15) is 6.92 Å². The maximum Gasteiger partial charge on any atom is 0.296 e. The third-order valence-corrected chi connectivity index (χ3v) is 16.7. The van der Waals surface area contributed by atoms with Crippen LogP contribution in [0.15, 0.2) is 90.5 Å². The van der Waals surface area contributed by atoms with Crippen LogP contribution < -0.4 is 20.9 Å². The number of sulfone groups is 1. The van der Waals surface area contributed by atoms with E-state index in [2.05, 4.69) is 41.1 Å². The van der Waals surface area contributed by atoms with Gasteiger partial charge >= 0.3 is 0 Å². The second kappa shape index (κ2) is 18.5. The number of nitrogens with one attached hydrogen (secondary N) is 3. The van der Waals surface area contributed by atoms with Gasteiger partial charge in [0.15, 0.2) is 5.75 Å². The number of nitrogens with zero attached hydrogens (tertiary/aromatic N) is 6. The average Bonchev–Trinajstić information content (AvgIpc) is 3.22. The van der Waals surface area contributed by atoms with Crippen LogP contribution in [0.2, 0.25) is 0 Å². The Morgan fingerprint density at radius 3 is 1.87 bits per heavy atom. The number of aromatic hydroxyl groups is 1. The van der Waals surface area contributed by atoms with Crippen LogP contribution in [0.4, 0.5) is 46.3 Å². The number of aromatic nitrogens is 3. The van der Waals surface area contributed by atoms with Crippen molar-refractivity contribution in [1.29, 1.82) is 0 Å². The molecule has 1 aliphatic heterocycles. The molecule has 10 N–H and O–H groups in total. The summed E-state index contributed by atoms with van der Waals surface area (Å²) in [4.78, 5) is 22.8. The average molecular weight is 1030 g/mol. The SMILES string of the molecule is CC(=O)Nc1cc(S(=O)(=O)O)cc2cc(S(=O)(=O)O)c(N=Nc3cc(Nc4nc(Nc5cccc(S(=O)(=O)C(CO)(CO)S(=O)(=O)O)c5)nc(N5CCOCC5)n4)ccc3S(=O)(=O)O)c(O)c12. The number of carbonyl (C=O) groups is 1. The summed E-state index contributed by atoms with van der Waals surface area (Å²) in [5.41, 5.74) is -2.59. The fraction of sp³-hybridized carbons (Fsp3) is 0.235. The number of azo groups is 1. The van der Waals surface area contributed by atoms with Crippen LogP contribution in [-0.4, -0.2) is 140 Å². The maximum atomic E-state index is 13.4. The maximum absolute atomic E-state index is 13.4. The first-order chi connectivity index (χ1) is 31.1. The number of fused-ring (bicyclic) bond motifs is 1. The van der Waals surface area contributed by atoms with Crippen molar-refractivity contribution in [3.63, 3.8) is 0 Å². The van der Waals surface area contributed by atoms with E-state index in [0.717, 1.165) is 43.3 Å². The van der Waals surface area contributed by atoms with Gasteiger partial charge in [0.2, 0.25) is 37.7 Å². The monoisotopic (exact) mass is 1030 g/mol. The van der Waals surface area contributed by atoms with Crippen LogP contribution in [0.25, 0.3) is 10.8 Å².